The minimum Gasteiger partial charge on any atom is -0.494 e. The molecule has 0 radical (unpaired) electrons. The van der Waals surface area contributed by atoms with Crippen LogP contribution in [-0.4, -0.2) is 33.0 Å². The quantitative estimate of drug-likeness (QED) is 0.540. The molecule has 0 saturated heterocycles. The first kappa shape index (κ1) is 21.8. The lowest BCUT2D eigenvalue weighted by Crippen LogP contribution is -2.53. The molecule has 32 heavy (non-hydrogen) atoms. The van der Waals surface area contributed by atoms with Crippen LogP contribution in [0.25, 0.3) is 5.69 Å². The van der Waals surface area contributed by atoms with Crippen molar-refractivity contribution in [2.24, 2.45) is 23.2 Å². The number of rotatable bonds is 9. The highest BCUT2D eigenvalue weighted by Crippen LogP contribution is 2.60. The van der Waals surface area contributed by atoms with E-state index in [1.165, 1.54) is 19.3 Å². The maximum atomic E-state index is 13.4. The highest BCUT2D eigenvalue weighted by atomic mass is 32.2. The van der Waals surface area contributed by atoms with Crippen LogP contribution in [-0.2, 0) is 11.3 Å². The summed E-state index contributed by atoms with van der Waals surface area (Å²) in [5.74, 6) is 5.13. The van der Waals surface area contributed by atoms with Crippen LogP contribution in [0.2, 0.25) is 0 Å². The normalized spacial score (nSPS) is 28.1. The molecule has 1 aromatic carbocycles. The monoisotopic (exact) mass is 454 g/mol. The molecule has 6 rings (SSSR count). The first-order chi connectivity index (χ1) is 15.6. The van der Waals surface area contributed by atoms with E-state index in [1.54, 1.807) is 11.8 Å². The molecule has 1 heterocycles. The predicted octanol–water partition coefficient (Wildman–Crippen LogP) is 5.00. The van der Waals surface area contributed by atoms with Crippen LogP contribution < -0.4 is 10.1 Å². The number of nitrogens with one attached hydrogen (secondary N) is 1. The Bertz CT molecular complexity index is 920. The predicted molar refractivity (Wildman–Crippen MR) is 126 cm³/mol. The number of ether oxygens (including phenoxy) is 1. The molecule has 0 spiro atoms. The van der Waals surface area contributed by atoms with Crippen LogP contribution in [0.1, 0.15) is 64.6 Å². The smallest absolute Gasteiger partial charge is 0.226 e. The molecule has 1 N–H and O–H groups in total. The van der Waals surface area contributed by atoms with Crippen molar-refractivity contribution >= 4 is 17.7 Å². The Kier molecular flexibility index (Phi) is 6.19. The van der Waals surface area contributed by atoms with E-state index in [2.05, 4.69) is 27.0 Å². The Morgan fingerprint density at radius 1 is 1.09 bits per heavy atom. The van der Waals surface area contributed by atoms with Gasteiger partial charge in [-0.1, -0.05) is 18.7 Å². The Morgan fingerprint density at radius 2 is 1.75 bits per heavy atom. The molecule has 4 saturated carbocycles. The minimum absolute atomic E-state index is 0.140. The number of thioether (sulfide) groups is 1. The van der Waals surface area contributed by atoms with E-state index in [1.807, 2.05) is 31.2 Å². The first-order valence-corrected chi connectivity index (χ1v) is 13.2. The molecule has 0 unspecified atom stereocenters. The Hall–Kier alpha value is -2.02. The van der Waals surface area contributed by atoms with E-state index in [0.29, 0.717) is 13.2 Å². The van der Waals surface area contributed by atoms with Gasteiger partial charge in [-0.3, -0.25) is 9.36 Å². The third kappa shape index (κ3) is 4.16. The van der Waals surface area contributed by atoms with Crippen molar-refractivity contribution in [2.45, 2.75) is 70.5 Å². The van der Waals surface area contributed by atoms with Crippen molar-refractivity contribution in [3.63, 3.8) is 0 Å². The van der Waals surface area contributed by atoms with Crippen molar-refractivity contribution in [1.82, 2.24) is 20.1 Å². The lowest BCUT2D eigenvalue weighted by Gasteiger charge is -2.55. The average molecular weight is 455 g/mol. The van der Waals surface area contributed by atoms with Crippen molar-refractivity contribution in [3.8, 4) is 11.4 Å². The maximum absolute atomic E-state index is 13.4. The van der Waals surface area contributed by atoms with Crippen molar-refractivity contribution in [3.05, 3.63) is 30.1 Å². The number of nitrogens with zero attached hydrogens (tertiary/aromatic N) is 3. The second-order valence-corrected chi connectivity index (χ2v) is 11.0. The number of hydrogen-bond donors (Lipinski definition) is 1. The van der Waals surface area contributed by atoms with Crippen LogP contribution in [0.3, 0.4) is 0 Å². The largest absolute Gasteiger partial charge is 0.494 e. The number of benzene rings is 1. The van der Waals surface area contributed by atoms with Gasteiger partial charge < -0.3 is 10.1 Å². The van der Waals surface area contributed by atoms with Crippen molar-refractivity contribution < 1.29 is 9.53 Å². The molecular weight excluding hydrogens is 420 g/mol. The summed E-state index contributed by atoms with van der Waals surface area (Å²) in [6, 6.07) is 8.03. The van der Waals surface area contributed by atoms with Crippen molar-refractivity contribution in [2.75, 3.05) is 12.4 Å². The van der Waals surface area contributed by atoms with Gasteiger partial charge in [0.15, 0.2) is 11.0 Å². The van der Waals surface area contributed by atoms with Gasteiger partial charge in [0.1, 0.15) is 5.75 Å². The molecule has 4 bridgehead atoms. The average Bonchev–Trinajstić information content (AvgIpc) is 3.18. The van der Waals surface area contributed by atoms with Crippen LogP contribution in [0, 0.1) is 23.2 Å². The van der Waals surface area contributed by atoms with Gasteiger partial charge in [0.25, 0.3) is 0 Å². The van der Waals surface area contributed by atoms with Gasteiger partial charge in [0.2, 0.25) is 5.91 Å². The van der Waals surface area contributed by atoms with Crippen LogP contribution in [0.5, 0.6) is 5.75 Å². The number of amides is 1. The third-order valence-electron chi connectivity index (χ3n) is 7.47. The molecule has 2 aromatic rings. The standard InChI is InChI=1S/C25H34N4O2S/c1-3-9-32-24-28-27-22(29(24)20-5-7-21(8-6-20)31-4-2)16-26-23(30)25-13-17-10-18(14-25)12-19(11-17)15-25/h5-8,17-19H,3-4,9-16H2,1-2H3,(H,26,30). The lowest BCUT2D eigenvalue weighted by atomic mass is 9.49. The molecule has 6 nitrogen and oxygen atoms in total. The van der Waals surface area contributed by atoms with Crippen LogP contribution >= 0.6 is 11.8 Å². The first-order valence-electron chi connectivity index (χ1n) is 12.2. The zero-order chi connectivity index (χ0) is 22.1. The molecule has 4 aliphatic carbocycles. The van der Waals surface area contributed by atoms with Gasteiger partial charge in [0.05, 0.1) is 13.2 Å². The fourth-order valence-electron chi connectivity index (χ4n) is 6.55. The van der Waals surface area contributed by atoms with E-state index in [4.69, 9.17) is 4.74 Å². The Morgan fingerprint density at radius 3 is 2.34 bits per heavy atom. The maximum Gasteiger partial charge on any atom is 0.226 e. The summed E-state index contributed by atoms with van der Waals surface area (Å²) < 4.78 is 7.68. The number of carbonyl (C=O) groups is 1. The molecule has 0 atom stereocenters. The topological polar surface area (TPSA) is 69.0 Å². The summed E-state index contributed by atoms with van der Waals surface area (Å²) in [5, 5.41) is 13.1. The van der Waals surface area contributed by atoms with E-state index < -0.39 is 0 Å². The van der Waals surface area contributed by atoms with Crippen molar-refractivity contribution in [1.29, 1.82) is 0 Å². The molecule has 4 aliphatic rings. The molecular formula is C25H34N4O2S. The van der Waals surface area contributed by atoms with Gasteiger partial charge in [-0.15, -0.1) is 10.2 Å². The van der Waals surface area contributed by atoms with Gasteiger partial charge in [-0.25, -0.2) is 0 Å². The van der Waals surface area contributed by atoms with E-state index in [-0.39, 0.29) is 11.3 Å². The molecule has 1 amide bonds. The zero-order valence-corrected chi connectivity index (χ0v) is 20.0. The van der Waals surface area contributed by atoms with E-state index >= 15 is 0 Å². The van der Waals surface area contributed by atoms with Crippen LogP contribution in [0.15, 0.2) is 29.4 Å². The third-order valence-corrected chi connectivity index (χ3v) is 8.60. The van der Waals surface area contributed by atoms with Gasteiger partial charge in [-0.05, 0) is 93.9 Å². The number of aromatic nitrogens is 3. The summed E-state index contributed by atoms with van der Waals surface area (Å²) in [6.45, 7) is 5.20. The Balaban J connectivity index is 1.34. The van der Waals surface area contributed by atoms with E-state index in [9.17, 15) is 4.79 Å². The highest BCUT2D eigenvalue weighted by Gasteiger charge is 2.54. The Labute approximate surface area is 194 Å². The second-order valence-electron chi connectivity index (χ2n) is 9.89. The minimum atomic E-state index is -0.140. The highest BCUT2D eigenvalue weighted by molar-refractivity contribution is 7.99. The SMILES string of the molecule is CCCSc1nnc(CNC(=O)C23CC4CC(CC(C4)C2)C3)n1-c1ccc(OCC)cc1. The summed E-state index contributed by atoms with van der Waals surface area (Å²) in [4.78, 5) is 13.4. The second kappa shape index (κ2) is 9.08. The summed E-state index contributed by atoms with van der Waals surface area (Å²) in [7, 11) is 0. The lowest BCUT2D eigenvalue weighted by molar-refractivity contribution is -0.146. The summed E-state index contributed by atoms with van der Waals surface area (Å²) in [5.41, 5.74) is 0.856. The van der Waals surface area contributed by atoms with Gasteiger partial charge >= 0.3 is 0 Å². The van der Waals surface area contributed by atoms with Gasteiger partial charge in [-0.2, -0.15) is 0 Å². The zero-order valence-electron chi connectivity index (χ0n) is 19.2. The summed E-state index contributed by atoms with van der Waals surface area (Å²) in [6.07, 6.45) is 8.33. The molecule has 4 fully saturated rings. The molecule has 172 valence electrons. The van der Waals surface area contributed by atoms with Gasteiger partial charge in [0, 0.05) is 16.9 Å². The molecule has 7 heteroatoms. The van der Waals surface area contributed by atoms with E-state index in [0.717, 1.165) is 71.6 Å². The molecule has 1 aromatic heterocycles. The fraction of sp³-hybridized carbons (Fsp3) is 0.640. The molecule has 0 aliphatic heterocycles. The number of hydrogen-bond acceptors (Lipinski definition) is 5. The van der Waals surface area contributed by atoms with Crippen LogP contribution in [0.4, 0.5) is 0 Å². The fourth-order valence-corrected chi connectivity index (χ4v) is 7.38. The number of carbonyl (C=O) groups excluding carboxylic acids is 1. The summed E-state index contributed by atoms with van der Waals surface area (Å²) >= 11 is 1.70.